The normalized spacial score (nSPS) is 24.9. The summed E-state index contributed by atoms with van der Waals surface area (Å²) in [5.74, 6) is -0.474. The molecule has 0 saturated carbocycles. The molecule has 2 amide bonds. The average Bonchev–Trinajstić information content (AvgIpc) is 2.63. The lowest BCUT2D eigenvalue weighted by Crippen LogP contribution is -2.52. The van der Waals surface area contributed by atoms with Crippen LogP contribution in [0.4, 0.5) is 0 Å². The second-order valence-corrected chi connectivity index (χ2v) is 7.20. The SMILES string of the molecule is NC(=O)C1CCCN(C(=O)CN2CCNCC2c2ccccc2Cl)C1. The molecule has 136 valence electrons. The van der Waals surface area contributed by atoms with Gasteiger partial charge < -0.3 is 16.0 Å². The molecule has 1 aromatic carbocycles. The highest BCUT2D eigenvalue weighted by atomic mass is 35.5. The Kier molecular flexibility index (Phi) is 5.93. The lowest BCUT2D eigenvalue weighted by atomic mass is 9.97. The zero-order chi connectivity index (χ0) is 17.8. The van der Waals surface area contributed by atoms with Crippen LogP contribution in [-0.2, 0) is 9.59 Å². The standard InChI is InChI=1S/C18H25ClN4O2/c19-15-6-2-1-5-14(15)16-10-21-7-9-22(16)12-17(24)23-8-3-4-13(11-23)18(20)25/h1-2,5-6,13,16,21H,3-4,7-12H2,(H2,20,25). The third-order valence-electron chi connectivity index (χ3n) is 5.13. The maximum Gasteiger partial charge on any atom is 0.236 e. The number of nitrogens with one attached hydrogen (secondary N) is 1. The topological polar surface area (TPSA) is 78.7 Å². The molecule has 0 aliphatic carbocycles. The van der Waals surface area contributed by atoms with E-state index in [4.69, 9.17) is 17.3 Å². The molecule has 2 aliphatic heterocycles. The monoisotopic (exact) mass is 364 g/mol. The third kappa shape index (κ3) is 4.32. The third-order valence-corrected chi connectivity index (χ3v) is 5.48. The number of hydrogen-bond acceptors (Lipinski definition) is 4. The highest BCUT2D eigenvalue weighted by Crippen LogP contribution is 2.28. The van der Waals surface area contributed by atoms with Crippen LogP contribution in [0.3, 0.4) is 0 Å². The number of nitrogens with zero attached hydrogens (tertiary/aromatic N) is 2. The molecular formula is C18H25ClN4O2. The van der Waals surface area contributed by atoms with Gasteiger partial charge in [-0.1, -0.05) is 29.8 Å². The van der Waals surface area contributed by atoms with Crippen molar-refractivity contribution in [1.29, 1.82) is 0 Å². The van der Waals surface area contributed by atoms with Gasteiger partial charge >= 0.3 is 0 Å². The van der Waals surface area contributed by atoms with Crippen LogP contribution in [0.25, 0.3) is 0 Å². The molecule has 3 rings (SSSR count). The van der Waals surface area contributed by atoms with Gasteiger partial charge in [-0.15, -0.1) is 0 Å². The summed E-state index contributed by atoms with van der Waals surface area (Å²) in [5, 5.41) is 4.10. The zero-order valence-corrected chi connectivity index (χ0v) is 15.0. The first-order valence-corrected chi connectivity index (χ1v) is 9.20. The summed E-state index contributed by atoms with van der Waals surface area (Å²) < 4.78 is 0. The van der Waals surface area contributed by atoms with Gasteiger partial charge in [-0.3, -0.25) is 14.5 Å². The van der Waals surface area contributed by atoms with Gasteiger partial charge in [-0.25, -0.2) is 0 Å². The van der Waals surface area contributed by atoms with Crippen molar-refractivity contribution in [2.45, 2.75) is 18.9 Å². The molecule has 2 saturated heterocycles. The molecule has 0 aromatic heterocycles. The number of carbonyl (C=O) groups excluding carboxylic acids is 2. The van der Waals surface area contributed by atoms with E-state index in [1.54, 1.807) is 4.90 Å². The number of nitrogens with two attached hydrogens (primary N) is 1. The van der Waals surface area contributed by atoms with Crippen molar-refractivity contribution in [2.24, 2.45) is 11.7 Å². The number of piperazine rings is 1. The first-order valence-electron chi connectivity index (χ1n) is 8.82. The van der Waals surface area contributed by atoms with E-state index in [1.807, 2.05) is 24.3 Å². The Bertz CT molecular complexity index is 639. The van der Waals surface area contributed by atoms with Crippen LogP contribution in [0.5, 0.6) is 0 Å². The van der Waals surface area contributed by atoms with Crippen molar-refractivity contribution in [1.82, 2.24) is 15.1 Å². The fourth-order valence-corrected chi connectivity index (χ4v) is 3.96. The van der Waals surface area contributed by atoms with Gasteiger partial charge in [0.1, 0.15) is 0 Å². The summed E-state index contributed by atoms with van der Waals surface area (Å²) >= 11 is 6.36. The van der Waals surface area contributed by atoms with E-state index in [2.05, 4.69) is 10.2 Å². The van der Waals surface area contributed by atoms with Crippen LogP contribution in [-0.4, -0.2) is 60.9 Å². The number of halogens is 1. The maximum atomic E-state index is 12.8. The Labute approximate surface area is 153 Å². The molecule has 2 fully saturated rings. The Morgan fingerprint density at radius 3 is 2.84 bits per heavy atom. The first kappa shape index (κ1) is 18.2. The van der Waals surface area contributed by atoms with Crippen molar-refractivity contribution >= 4 is 23.4 Å². The summed E-state index contributed by atoms with van der Waals surface area (Å²) in [5.41, 5.74) is 6.46. The van der Waals surface area contributed by atoms with Gasteiger partial charge in [0.25, 0.3) is 0 Å². The van der Waals surface area contributed by atoms with Crippen LogP contribution < -0.4 is 11.1 Å². The second kappa shape index (κ2) is 8.17. The number of hydrogen-bond donors (Lipinski definition) is 2. The van der Waals surface area contributed by atoms with Crippen molar-refractivity contribution in [2.75, 3.05) is 39.3 Å². The molecule has 2 aliphatic rings. The molecule has 25 heavy (non-hydrogen) atoms. The van der Waals surface area contributed by atoms with E-state index in [9.17, 15) is 9.59 Å². The lowest BCUT2D eigenvalue weighted by Gasteiger charge is -2.38. The minimum absolute atomic E-state index is 0.0601. The minimum Gasteiger partial charge on any atom is -0.369 e. The van der Waals surface area contributed by atoms with E-state index in [-0.39, 0.29) is 23.8 Å². The number of benzene rings is 1. The Morgan fingerprint density at radius 1 is 1.28 bits per heavy atom. The number of rotatable bonds is 4. The predicted octanol–water partition coefficient (Wildman–Crippen LogP) is 1.01. The van der Waals surface area contributed by atoms with E-state index in [0.29, 0.717) is 19.6 Å². The molecule has 6 nitrogen and oxygen atoms in total. The zero-order valence-electron chi connectivity index (χ0n) is 14.3. The van der Waals surface area contributed by atoms with Gasteiger partial charge in [-0.05, 0) is 24.5 Å². The highest BCUT2D eigenvalue weighted by molar-refractivity contribution is 6.31. The number of likely N-dealkylation sites (tertiary alicyclic amines) is 1. The second-order valence-electron chi connectivity index (χ2n) is 6.79. The number of carbonyl (C=O) groups is 2. The van der Waals surface area contributed by atoms with Gasteiger partial charge in [0.15, 0.2) is 0 Å². The molecule has 7 heteroatoms. The number of primary amides is 1. The average molecular weight is 365 g/mol. The number of amides is 2. The minimum atomic E-state index is -0.311. The maximum absolute atomic E-state index is 12.8. The summed E-state index contributed by atoms with van der Waals surface area (Å²) in [6.07, 6.45) is 1.60. The smallest absolute Gasteiger partial charge is 0.236 e. The van der Waals surface area contributed by atoms with Gasteiger partial charge in [0, 0.05) is 43.8 Å². The molecule has 2 unspecified atom stereocenters. The lowest BCUT2D eigenvalue weighted by molar-refractivity contribution is -0.136. The molecule has 2 atom stereocenters. The first-order chi connectivity index (χ1) is 12.1. The molecule has 1 aromatic rings. The Morgan fingerprint density at radius 2 is 2.08 bits per heavy atom. The predicted molar refractivity (Wildman–Crippen MR) is 97.1 cm³/mol. The Hall–Kier alpha value is -1.63. The summed E-state index contributed by atoms with van der Waals surface area (Å²) in [6.45, 7) is 3.87. The van der Waals surface area contributed by atoms with E-state index in [1.165, 1.54) is 0 Å². The van der Waals surface area contributed by atoms with Crippen LogP contribution in [0.2, 0.25) is 5.02 Å². The molecule has 0 radical (unpaired) electrons. The van der Waals surface area contributed by atoms with Crippen molar-refractivity contribution in [3.63, 3.8) is 0 Å². The van der Waals surface area contributed by atoms with E-state index >= 15 is 0 Å². The van der Waals surface area contributed by atoms with Crippen LogP contribution in [0, 0.1) is 5.92 Å². The highest BCUT2D eigenvalue weighted by Gasteiger charge is 2.31. The van der Waals surface area contributed by atoms with Crippen LogP contribution >= 0.6 is 11.6 Å². The Balaban J connectivity index is 1.68. The summed E-state index contributed by atoms with van der Waals surface area (Å²) in [7, 11) is 0. The van der Waals surface area contributed by atoms with E-state index in [0.717, 1.165) is 43.1 Å². The quantitative estimate of drug-likeness (QED) is 0.835. The molecule has 3 N–H and O–H groups in total. The molecular weight excluding hydrogens is 340 g/mol. The largest absolute Gasteiger partial charge is 0.369 e. The van der Waals surface area contributed by atoms with Gasteiger partial charge in [-0.2, -0.15) is 0 Å². The van der Waals surface area contributed by atoms with Crippen molar-refractivity contribution in [3.05, 3.63) is 34.9 Å². The van der Waals surface area contributed by atoms with Crippen molar-refractivity contribution in [3.8, 4) is 0 Å². The molecule has 0 spiro atoms. The fraction of sp³-hybridized carbons (Fsp3) is 0.556. The summed E-state index contributed by atoms with van der Waals surface area (Å²) in [4.78, 5) is 28.2. The van der Waals surface area contributed by atoms with E-state index < -0.39 is 0 Å². The summed E-state index contributed by atoms with van der Waals surface area (Å²) in [6, 6.07) is 7.85. The molecule has 0 bridgehead atoms. The van der Waals surface area contributed by atoms with Gasteiger partial charge in [0.05, 0.1) is 12.5 Å². The number of piperidine rings is 1. The van der Waals surface area contributed by atoms with Crippen LogP contribution in [0.15, 0.2) is 24.3 Å². The van der Waals surface area contributed by atoms with Gasteiger partial charge in [0.2, 0.25) is 11.8 Å². The van der Waals surface area contributed by atoms with Crippen LogP contribution in [0.1, 0.15) is 24.4 Å². The molecule has 2 heterocycles. The van der Waals surface area contributed by atoms with Crippen molar-refractivity contribution < 1.29 is 9.59 Å². The fourth-order valence-electron chi connectivity index (χ4n) is 3.70.